The van der Waals surface area contributed by atoms with E-state index in [1.54, 1.807) is 43.6 Å². The van der Waals surface area contributed by atoms with E-state index in [4.69, 9.17) is 4.42 Å². The molecule has 4 heteroatoms. The molecule has 0 aliphatic carbocycles. The van der Waals surface area contributed by atoms with E-state index in [1.807, 2.05) is 0 Å². The quantitative estimate of drug-likeness (QED) is 0.881. The number of carbonyl (C=O) groups is 1. The van der Waals surface area contributed by atoms with Crippen molar-refractivity contribution in [1.82, 2.24) is 4.90 Å². The molecule has 1 N–H and O–H groups in total. The molecule has 1 aromatic heterocycles. The van der Waals surface area contributed by atoms with Crippen molar-refractivity contribution in [1.29, 1.82) is 0 Å². The van der Waals surface area contributed by atoms with E-state index in [-0.39, 0.29) is 11.7 Å². The Morgan fingerprint density at radius 2 is 2.06 bits per heavy atom. The molecule has 1 amide bonds. The molecular weight excluding hydrogens is 218 g/mol. The van der Waals surface area contributed by atoms with Gasteiger partial charge in [-0.25, -0.2) is 0 Å². The summed E-state index contributed by atoms with van der Waals surface area (Å²) in [6, 6.07) is 10.1. The van der Waals surface area contributed by atoms with E-state index in [0.29, 0.717) is 17.9 Å². The monoisotopic (exact) mass is 231 g/mol. The molecule has 2 rings (SSSR count). The predicted octanol–water partition coefficient (Wildman–Crippen LogP) is 2.26. The average molecular weight is 231 g/mol. The molecule has 0 aliphatic rings. The third kappa shape index (κ3) is 2.47. The van der Waals surface area contributed by atoms with Gasteiger partial charge in [-0.2, -0.15) is 0 Å². The summed E-state index contributed by atoms with van der Waals surface area (Å²) in [5.74, 6) is 0.458. The zero-order chi connectivity index (χ0) is 12.3. The first-order valence-corrected chi connectivity index (χ1v) is 5.24. The van der Waals surface area contributed by atoms with Gasteiger partial charge >= 0.3 is 0 Å². The Labute approximate surface area is 99.1 Å². The fourth-order valence-electron chi connectivity index (χ4n) is 1.57. The zero-order valence-corrected chi connectivity index (χ0v) is 9.46. The minimum absolute atomic E-state index is 0.0104. The summed E-state index contributed by atoms with van der Waals surface area (Å²) in [6.07, 6.45) is 1.56. The molecule has 0 saturated heterocycles. The molecule has 0 atom stereocenters. The van der Waals surface area contributed by atoms with Crippen LogP contribution in [0.15, 0.2) is 47.1 Å². The van der Waals surface area contributed by atoms with Crippen LogP contribution in [0.1, 0.15) is 16.1 Å². The third-order valence-corrected chi connectivity index (χ3v) is 2.45. The highest BCUT2D eigenvalue weighted by molar-refractivity contribution is 5.96. The SMILES string of the molecule is CN(Cc1ccco1)C(=O)c1ccccc1O. The lowest BCUT2D eigenvalue weighted by Gasteiger charge is -2.16. The van der Waals surface area contributed by atoms with Crippen molar-refractivity contribution in [2.24, 2.45) is 0 Å². The van der Waals surface area contributed by atoms with Crippen LogP contribution in [0.3, 0.4) is 0 Å². The first kappa shape index (κ1) is 11.3. The van der Waals surface area contributed by atoms with Crippen LogP contribution in [-0.4, -0.2) is 23.0 Å². The standard InChI is InChI=1S/C13H13NO3/c1-14(9-10-5-4-8-17-10)13(16)11-6-2-3-7-12(11)15/h2-8,15H,9H2,1H3. The number of para-hydroxylation sites is 1. The van der Waals surface area contributed by atoms with Crippen LogP contribution in [0.4, 0.5) is 0 Å². The maximum Gasteiger partial charge on any atom is 0.257 e. The van der Waals surface area contributed by atoms with E-state index in [1.165, 1.54) is 11.0 Å². The number of rotatable bonds is 3. The predicted molar refractivity (Wildman–Crippen MR) is 62.6 cm³/mol. The number of nitrogens with zero attached hydrogens (tertiary/aromatic N) is 1. The van der Waals surface area contributed by atoms with Gasteiger partial charge in [0, 0.05) is 7.05 Å². The number of hydrogen-bond donors (Lipinski definition) is 1. The summed E-state index contributed by atoms with van der Waals surface area (Å²) < 4.78 is 5.16. The van der Waals surface area contributed by atoms with Gasteiger partial charge in [-0.05, 0) is 24.3 Å². The molecule has 0 unspecified atom stereocenters. The molecule has 2 aromatic rings. The molecule has 0 fully saturated rings. The molecule has 0 spiro atoms. The highest BCUT2D eigenvalue weighted by atomic mass is 16.3. The largest absolute Gasteiger partial charge is 0.507 e. The molecule has 1 aromatic carbocycles. The maximum absolute atomic E-state index is 12.0. The second-order valence-corrected chi connectivity index (χ2v) is 3.76. The van der Waals surface area contributed by atoms with Crippen molar-refractivity contribution < 1.29 is 14.3 Å². The number of aromatic hydroxyl groups is 1. The van der Waals surface area contributed by atoms with Crippen LogP contribution in [0.25, 0.3) is 0 Å². The van der Waals surface area contributed by atoms with Crippen molar-refractivity contribution >= 4 is 5.91 Å². The van der Waals surface area contributed by atoms with Crippen LogP contribution in [0.5, 0.6) is 5.75 Å². The Morgan fingerprint density at radius 1 is 1.29 bits per heavy atom. The molecule has 0 saturated carbocycles. The smallest absolute Gasteiger partial charge is 0.257 e. The lowest BCUT2D eigenvalue weighted by Crippen LogP contribution is -2.26. The van der Waals surface area contributed by atoms with Crippen LogP contribution in [0.2, 0.25) is 0 Å². The van der Waals surface area contributed by atoms with Gasteiger partial charge in [0.05, 0.1) is 18.4 Å². The van der Waals surface area contributed by atoms with E-state index < -0.39 is 0 Å². The summed E-state index contributed by atoms with van der Waals surface area (Å²) in [5.41, 5.74) is 0.293. The Bertz CT molecular complexity index is 505. The minimum atomic E-state index is -0.237. The molecule has 0 bridgehead atoms. The molecular formula is C13H13NO3. The van der Waals surface area contributed by atoms with Crippen LogP contribution in [-0.2, 0) is 6.54 Å². The van der Waals surface area contributed by atoms with Gasteiger partial charge in [-0.3, -0.25) is 4.79 Å². The van der Waals surface area contributed by atoms with E-state index >= 15 is 0 Å². The Balaban J connectivity index is 2.13. The fourth-order valence-corrected chi connectivity index (χ4v) is 1.57. The third-order valence-electron chi connectivity index (χ3n) is 2.45. The van der Waals surface area contributed by atoms with Crippen molar-refractivity contribution in [3.8, 4) is 5.75 Å². The van der Waals surface area contributed by atoms with Gasteiger partial charge in [0.25, 0.3) is 5.91 Å². The second-order valence-electron chi connectivity index (χ2n) is 3.76. The van der Waals surface area contributed by atoms with Gasteiger partial charge in [0.2, 0.25) is 0 Å². The van der Waals surface area contributed by atoms with Crippen molar-refractivity contribution in [2.75, 3.05) is 7.05 Å². The van der Waals surface area contributed by atoms with Crippen molar-refractivity contribution in [3.63, 3.8) is 0 Å². The lowest BCUT2D eigenvalue weighted by atomic mass is 10.2. The first-order valence-electron chi connectivity index (χ1n) is 5.24. The number of amides is 1. The first-order chi connectivity index (χ1) is 8.18. The molecule has 4 nitrogen and oxygen atoms in total. The lowest BCUT2D eigenvalue weighted by molar-refractivity contribution is 0.0772. The van der Waals surface area contributed by atoms with Gasteiger partial charge in [0.1, 0.15) is 11.5 Å². The highest BCUT2D eigenvalue weighted by Crippen LogP contribution is 2.18. The minimum Gasteiger partial charge on any atom is -0.507 e. The number of carbonyl (C=O) groups excluding carboxylic acids is 1. The normalized spacial score (nSPS) is 10.2. The number of furan rings is 1. The number of hydrogen-bond acceptors (Lipinski definition) is 3. The van der Waals surface area contributed by atoms with E-state index in [9.17, 15) is 9.90 Å². The number of benzene rings is 1. The van der Waals surface area contributed by atoms with Gasteiger partial charge in [0.15, 0.2) is 0 Å². The molecule has 0 radical (unpaired) electrons. The van der Waals surface area contributed by atoms with Crippen LogP contribution >= 0.6 is 0 Å². The van der Waals surface area contributed by atoms with Gasteiger partial charge < -0.3 is 14.4 Å². The van der Waals surface area contributed by atoms with Crippen molar-refractivity contribution in [2.45, 2.75) is 6.54 Å². The fraction of sp³-hybridized carbons (Fsp3) is 0.154. The average Bonchev–Trinajstić information content (AvgIpc) is 2.81. The summed E-state index contributed by atoms with van der Waals surface area (Å²) >= 11 is 0. The van der Waals surface area contributed by atoms with Crippen LogP contribution < -0.4 is 0 Å². The summed E-state index contributed by atoms with van der Waals surface area (Å²) in [7, 11) is 1.66. The zero-order valence-electron chi connectivity index (χ0n) is 9.46. The maximum atomic E-state index is 12.0. The molecule has 1 heterocycles. The molecule has 0 aliphatic heterocycles. The summed E-state index contributed by atoms with van der Waals surface area (Å²) in [5, 5.41) is 9.58. The van der Waals surface area contributed by atoms with E-state index in [2.05, 4.69) is 0 Å². The van der Waals surface area contributed by atoms with E-state index in [0.717, 1.165) is 0 Å². The topological polar surface area (TPSA) is 53.7 Å². The summed E-state index contributed by atoms with van der Waals surface area (Å²) in [6.45, 7) is 0.375. The van der Waals surface area contributed by atoms with Crippen molar-refractivity contribution in [3.05, 3.63) is 54.0 Å². The molecule has 17 heavy (non-hydrogen) atoms. The number of phenolic OH excluding ortho intramolecular Hbond substituents is 1. The van der Waals surface area contributed by atoms with Crippen LogP contribution in [0, 0.1) is 0 Å². The second kappa shape index (κ2) is 4.74. The Kier molecular flexibility index (Phi) is 3.14. The molecule has 88 valence electrons. The van der Waals surface area contributed by atoms with Gasteiger partial charge in [-0.15, -0.1) is 0 Å². The Hall–Kier alpha value is -2.23. The number of phenols is 1. The van der Waals surface area contributed by atoms with Gasteiger partial charge in [-0.1, -0.05) is 12.1 Å². The Morgan fingerprint density at radius 3 is 2.71 bits per heavy atom. The highest BCUT2D eigenvalue weighted by Gasteiger charge is 2.15. The summed E-state index contributed by atoms with van der Waals surface area (Å²) in [4.78, 5) is 13.5.